The van der Waals surface area contributed by atoms with Gasteiger partial charge in [0.15, 0.2) is 5.76 Å². The number of fused-ring (bicyclic) bond motifs is 1. The van der Waals surface area contributed by atoms with Crippen LogP contribution in [0, 0.1) is 0 Å². The lowest BCUT2D eigenvalue weighted by Gasteiger charge is -2.01. The molecule has 3 aromatic rings. The molecule has 0 bridgehead atoms. The van der Waals surface area contributed by atoms with Gasteiger partial charge in [-0.15, -0.1) is 23.1 Å². The summed E-state index contributed by atoms with van der Waals surface area (Å²) >= 11 is 3.37. The fourth-order valence-corrected chi connectivity index (χ4v) is 3.49. The second kappa shape index (κ2) is 5.63. The van der Waals surface area contributed by atoms with Gasteiger partial charge in [-0.25, -0.2) is 0 Å². The van der Waals surface area contributed by atoms with E-state index in [1.807, 2.05) is 0 Å². The Hall–Kier alpha value is -1.52. The predicted octanol–water partition coefficient (Wildman–Crippen LogP) is 4.61. The second-order valence-electron chi connectivity index (χ2n) is 4.19. The Bertz CT molecular complexity index is 683. The summed E-state index contributed by atoms with van der Waals surface area (Å²) in [5, 5.41) is 3.38. The molecule has 4 heteroatoms. The summed E-state index contributed by atoms with van der Waals surface area (Å²) in [5.41, 5.74) is 1.25. The third kappa shape index (κ3) is 2.91. The number of ketones is 1. The smallest absolute Gasteiger partial charge is 0.207 e. The fourth-order valence-electron chi connectivity index (χ4n) is 1.88. The molecule has 0 fully saturated rings. The van der Waals surface area contributed by atoms with Crippen molar-refractivity contribution in [3.05, 3.63) is 59.4 Å². The summed E-state index contributed by atoms with van der Waals surface area (Å²) in [6.07, 6.45) is 1.53. The maximum absolute atomic E-state index is 11.8. The van der Waals surface area contributed by atoms with E-state index in [1.165, 1.54) is 21.9 Å². The molecular weight excluding hydrogens is 276 g/mol. The minimum Gasteiger partial charge on any atom is -0.461 e. The molecule has 0 spiro atoms. The number of furan rings is 1. The van der Waals surface area contributed by atoms with Crippen molar-refractivity contribution in [2.24, 2.45) is 0 Å². The first-order chi connectivity index (χ1) is 9.33. The SMILES string of the molecule is O=C(CSCc1ccc2sccc2c1)c1ccco1. The first-order valence-corrected chi connectivity index (χ1v) is 7.97. The molecule has 2 nitrogen and oxygen atoms in total. The predicted molar refractivity (Wildman–Crippen MR) is 81.0 cm³/mol. The summed E-state index contributed by atoms with van der Waals surface area (Å²) in [7, 11) is 0. The largest absolute Gasteiger partial charge is 0.461 e. The van der Waals surface area contributed by atoms with Crippen molar-refractivity contribution < 1.29 is 9.21 Å². The van der Waals surface area contributed by atoms with Crippen LogP contribution in [0.25, 0.3) is 10.1 Å². The standard InChI is InChI=1S/C15H12O2S2/c16-13(14-2-1-6-17-14)10-18-9-11-3-4-15-12(8-11)5-7-19-15/h1-8H,9-10H2. The zero-order valence-electron chi connectivity index (χ0n) is 10.2. The number of rotatable bonds is 5. The first-order valence-electron chi connectivity index (χ1n) is 5.93. The van der Waals surface area contributed by atoms with Crippen LogP contribution in [0.2, 0.25) is 0 Å². The van der Waals surface area contributed by atoms with Crippen LogP contribution in [0.15, 0.2) is 52.5 Å². The maximum Gasteiger partial charge on any atom is 0.207 e. The Morgan fingerprint density at radius 2 is 2.21 bits per heavy atom. The van der Waals surface area contributed by atoms with E-state index in [0.29, 0.717) is 11.5 Å². The van der Waals surface area contributed by atoms with Crippen molar-refractivity contribution >= 4 is 39.0 Å². The van der Waals surface area contributed by atoms with Gasteiger partial charge in [-0.2, -0.15) is 0 Å². The Labute approximate surface area is 119 Å². The highest BCUT2D eigenvalue weighted by Crippen LogP contribution is 2.24. The van der Waals surface area contributed by atoms with E-state index in [1.54, 1.807) is 35.2 Å². The number of hydrogen-bond donors (Lipinski definition) is 0. The van der Waals surface area contributed by atoms with Gasteiger partial charge >= 0.3 is 0 Å². The highest BCUT2D eigenvalue weighted by atomic mass is 32.2. The summed E-state index contributed by atoms with van der Waals surface area (Å²) in [6, 6.07) is 12.0. The van der Waals surface area contributed by atoms with Crippen molar-refractivity contribution in [1.82, 2.24) is 0 Å². The van der Waals surface area contributed by atoms with Crippen molar-refractivity contribution in [3.63, 3.8) is 0 Å². The molecule has 0 aliphatic carbocycles. The monoisotopic (exact) mass is 288 g/mol. The molecule has 96 valence electrons. The lowest BCUT2D eigenvalue weighted by atomic mass is 10.2. The van der Waals surface area contributed by atoms with Crippen LogP contribution in [0.5, 0.6) is 0 Å². The van der Waals surface area contributed by atoms with Crippen LogP contribution in [0.1, 0.15) is 16.1 Å². The Balaban J connectivity index is 1.58. The van der Waals surface area contributed by atoms with Gasteiger partial charge in [0.1, 0.15) is 0 Å². The van der Waals surface area contributed by atoms with Crippen molar-refractivity contribution in [2.75, 3.05) is 5.75 Å². The molecule has 2 aromatic heterocycles. The van der Waals surface area contributed by atoms with Crippen LogP contribution in [0.4, 0.5) is 0 Å². The van der Waals surface area contributed by atoms with Crippen LogP contribution < -0.4 is 0 Å². The number of benzene rings is 1. The lowest BCUT2D eigenvalue weighted by Crippen LogP contribution is -2.00. The van der Waals surface area contributed by atoms with Gasteiger partial charge in [-0.3, -0.25) is 4.79 Å². The van der Waals surface area contributed by atoms with E-state index in [9.17, 15) is 4.79 Å². The normalized spacial score (nSPS) is 10.9. The van der Waals surface area contributed by atoms with Crippen molar-refractivity contribution in [3.8, 4) is 0 Å². The van der Waals surface area contributed by atoms with Crippen LogP contribution >= 0.6 is 23.1 Å². The topological polar surface area (TPSA) is 30.2 Å². The maximum atomic E-state index is 11.8. The van der Waals surface area contributed by atoms with Crippen LogP contribution in [0.3, 0.4) is 0 Å². The van der Waals surface area contributed by atoms with E-state index in [4.69, 9.17) is 4.42 Å². The number of thiophene rings is 1. The quantitative estimate of drug-likeness (QED) is 0.642. The summed E-state index contributed by atoms with van der Waals surface area (Å²) in [4.78, 5) is 11.8. The van der Waals surface area contributed by atoms with E-state index in [-0.39, 0.29) is 5.78 Å². The Morgan fingerprint density at radius 1 is 1.26 bits per heavy atom. The molecule has 0 saturated heterocycles. The molecule has 1 aromatic carbocycles. The van der Waals surface area contributed by atoms with Gasteiger partial charge in [0, 0.05) is 10.5 Å². The molecule has 3 rings (SSSR count). The molecule has 0 N–H and O–H groups in total. The Kier molecular flexibility index (Phi) is 3.71. The van der Waals surface area contributed by atoms with Gasteiger partial charge in [0.2, 0.25) is 5.78 Å². The molecule has 0 saturated carbocycles. The summed E-state index contributed by atoms with van der Waals surface area (Å²) < 4.78 is 6.39. The first kappa shape index (κ1) is 12.5. The third-order valence-corrected chi connectivity index (χ3v) is 4.72. The van der Waals surface area contributed by atoms with Crippen molar-refractivity contribution in [1.29, 1.82) is 0 Å². The molecule has 0 aliphatic heterocycles. The highest BCUT2D eigenvalue weighted by Gasteiger charge is 2.08. The zero-order chi connectivity index (χ0) is 13.1. The number of hydrogen-bond acceptors (Lipinski definition) is 4. The molecule has 0 unspecified atom stereocenters. The average Bonchev–Trinajstić information content (AvgIpc) is 3.09. The highest BCUT2D eigenvalue weighted by molar-refractivity contribution is 7.99. The van der Waals surface area contributed by atoms with E-state index in [0.717, 1.165) is 5.75 Å². The number of Topliss-reactive ketones (excluding diaryl/α,β-unsaturated/α-hetero) is 1. The van der Waals surface area contributed by atoms with E-state index < -0.39 is 0 Å². The lowest BCUT2D eigenvalue weighted by molar-refractivity contribution is 0.0992. The van der Waals surface area contributed by atoms with Gasteiger partial charge in [0.25, 0.3) is 0 Å². The number of carbonyl (C=O) groups is 1. The molecule has 19 heavy (non-hydrogen) atoms. The van der Waals surface area contributed by atoms with E-state index in [2.05, 4.69) is 29.6 Å². The van der Waals surface area contributed by atoms with Gasteiger partial charge in [-0.05, 0) is 46.7 Å². The van der Waals surface area contributed by atoms with Crippen LogP contribution in [-0.2, 0) is 5.75 Å². The van der Waals surface area contributed by atoms with Crippen LogP contribution in [-0.4, -0.2) is 11.5 Å². The number of thioether (sulfide) groups is 1. The molecule has 0 amide bonds. The van der Waals surface area contributed by atoms with Gasteiger partial charge < -0.3 is 4.42 Å². The molecular formula is C15H12O2S2. The summed E-state index contributed by atoms with van der Waals surface area (Å²) in [5.74, 6) is 1.79. The fraction of sp³-hybridized carbons (Fsp3) is 0.133. The average molecular weight is 288 g/mol. The summed E-state index contributed by atoms with van der Waals surface area (Å²) in [6.45, 7) is 0. The van der Waals surface area contributed by atoms with Crippen molar-refractivity contribution in [2.45, 2.75) is 5.75 Å². The van der Waals surface area contributed by atoms with Gasteiger partial charge in [0.05, 0.1) is 12.0 Å². The minimum atomic E-state index is 0.0478. The third-order valence-electron chi connectivity index (χ3n) is 2.81. The molecule has 0 aliphatic rings. The van der Waals surface area contributed by atoms with E-state index >= 15 is 0 Å². The minimum absolute atomic E-state index is 0.0478. The second-order valence-corrected chi connectivity index (χ2v) is 6.12. The molecule has 0 radical (unpaired) electrons. The number of carbonyl (C=O) groups excluding carboxylic acids is 1. The molecule has 0 atom stereocenters. The molecule has 2 heterocycles. The zero-order valence-corrected chi connectivity index (χ0v) is 11.8. The van der Waals surface area contributed by atoms with Gasteiger partial charge in [-0.1, -0.05) is 6.07 Å². The Morgan fingerprint density at radius 3 is 3.05 bits per heavy atom.